The Balaban J connectivity index is 1.89. The largest absolute Gasteiger partial charge is 0.379 e. The van der Waals surface area contributed by atoms with E-state index in [2.05, 4.69) is 22.5 Å². The van der Waals surface area contributed by atoms with Crippen LogP contribution in [0, 0.1) is 5.92 Å². The number of amides is 2. The van der Waals surface area contributed by atoms with E-state index >= 15 is 0 Å². The van der Waals surface area contributed by atoms with Crippen LogP contribution in [0.1, 0.15) is 46.5 Å². The number of nitrogens with zero attached hydrogens (tertiary/aromatic N) is 1. The molecule has 1 aliphatic heterocycles. The molecule has 1 heterocycles. The molecule has 1 aliphatic carbocycles. The number of carbonyl (C=O) groups is 2. The number of ether oxygens (including phenoxy) is 1. The van der Waals surface area contributed by atoms with Gasteiger partial charge < -0.3 is 21.1 Å². The molecule has 144 valence electrons. The number of nitrogens with two attached hydrogens (primary N) is 1. The van der Waals surface area contributed by atoms with Crippen LogP contribution < -0.4 is 16.4 Å². The lowest BCUT2D eigenvalue weighted by atomic mass is 9.86. The fourth-order valence-electron chi connectivity index (χ4n) is 4.03. The standard InChI is InChI=1S/C18H34N4O3/c1-13(2)16(19)17(24)20-12-15(23)21-14(3)18(6-4-5-7-18)22-8-10-25-11-9-22/h13-14,16H,4-12,19H2,1-3H3,(H,20,24)(H,21,23)/t14?,16-/m0/s1. The highest BCUT2D eigenvalue weighted by Crippen LogP contribution is 2.38. The van der Waals surface area contributed by atoms with E-state index in [0.717, 1.165) is 39.1 Å². The summed E-state index contributed by atoms with van der Waals surface area (Å²) in [6, 6.07) is -0.545. The molecule has 0 bridgehead atoms. The maximum atomic E-state index is 12.3. The summed E-state index contributed by atoms with van der Waals surface area (Å²) in [5, 5.41) is 5.75. The number of morpholine rings is 1. The summed E-state index contributed by atoms with van der Waals surface area (Å²) in [7, 11) is 0. The lowest BCUT2D eigenvalue weighted by Gasteiger charge is -2.47. The molecule has 1 saturated heterocycles. The van der Waals surface area contributed by atoms with Crippen LogP contribution in [0.3, 0.4) is 0 Å². The molecule has 0 spiro atoms. The van der Waals surface area contributed by atoms with Crippen molar-refractivity contribution < 1.29 is 14.3 Å². The van der Waals surface area contributed by atoms with E-state index in [1.165, 1.54) is 12.8 Å². The van der Waals surface area contributed by atoms with Crippen molar-refractivity contribution in [2.75, 3.05) is 32.8 Å². The van der Waals surface area contributed by atoms with Gasteiger partial charge in [-0.2, -0.15) is 0 Å². The molecule has 2 amide bonds. The number of hydrogen-bond donors (Lipinski definition) is 3. The predicted octanol–water partition coefficient (Wildman–Crippen LogP) is 0.236. The molecule has 0 aromatic heterocycles. The predicted molar refractivity (Wildman–Crippen MR) is 97.0 cm³/mol. The Morgan fingerprint density at radius 3 is 2.32 bits per heavy atom. The Bertz CT molecular complexity index is 457. The van der Waals surface area contributed by atoms with Crippen molar-refractivity contribution in [2.24, 2.45) is 11.7 Å². The first-order chi connectivity index (χ1) is 11.9. The summed E-state index contributed by atoms with van der Waals surface area (Å²) < 4.78 is 5.48. The second kappa shape index (κ2) is 8.96. The SMILES string of the molecule is CC(C)[C@H](N)C(=O)NCC(=O)NC(C)C1(N2CCOCC2)CCCC1. The van der Waals surface area contributed by atoms with E-state index in [4.69, 9.17) is 10.5 Å². The van der Waals surface area contributed by atoms with E-state index < -0.39 is 6.04 Å². The van der Waals surface area contributed by atoms with Crippen molar-refractivity contribution in [3.05, 3.63) is 0 Å². The zero-order valence-electron chi connectivity index (χ0n) is 15.8. The average Bonchev–Trinajstić information content (AvgIpc) is 3.10. The molecule has 4 N–H and O–H groups in total. The summed E-state index contributed by atoms with van der Waals surface area (Å²) in [5.74, 6) is -0.386. The molecule has 1 saturated carbocycles. The molecule has 2 rings (SSSR count). The minimum absolute atomic E-state index is 0.0117. The van der Waals surface area contributed by atoms with Crippen molar-refractivity contribution in [2.45, 2.75) is 64.1 Å². The summed E-state index contributed by atoms with van der Waals surface area (Å²) in [5.41, 5.74) is 5.81. The van der Waals surface area contributed by atoms with E-state index in [0.29, 0.717) is 0 Å². The van der Waals surface area contributed by atoms with Crippen LogP contribution in [-0.4, -0.2) is 67.2 Å². The molecular formula is C18H34N4O3. The third kappa shape index (κ3) is 4.92. The van der Waals surface area contributed by atoms with E-state index in [-0.39, 0.29) is 35.9 Å². The van der Waals surface area contributed by atoms with Gasteiger partial charge in [0, 0.05) is 24.7 Å². The third-order valence-electron chi connectivity index (χ3n) is 5.74. The maximum absolute atomic E-state index is 12.3. The quantitative estimate of drug-likeness (QED) is 0.608. The fourth-order valence-corrected chi connectivity index (χ4v) is 4.03. The first kappa shape index (κ1) is 20.1. The topological polar surface area (TPSA) is 96.7 Å². The third-order valence-corrected chi connectivity index (χ3v) is 5.74. The summed E-state index contributed by atoms with van der Waals surface area (Å²) in [6.07, 6.45) is 4.58. The highest BCUT2D eigenvalue weighted by atomic mass is 16.5. The van der Waals surface area contributed by atoms with Crippen molar-refractivity contribution in [3.63, 3.8) is 0 Å². The van der Waals surface area contributed by atoms with Gasteiger partial charge in [0.15, 0.2) is 0 Å². The minimum Gasteiger partial charge on any atom is -0.379 e. The van der Waals surface area contributed by atoms with Gasteiger partial charge in [-0.1, -0.05) is 26.7 Å². The highest BCUT2D eigenvalue weighted by Gasteiger charge is 2.44. The van der Waals surface area contributed by atoms with Gasteiger partial charge >= 0.3 is 0 Å². The normalized spacial score (nSPS) is 23.2. The Hall–Kier alpha value is -1.18. The molecule has 2 atom stereocenters. The molecule has 0 radical (unpaired) electrons. The zero-order chi connectivity index (χ0) is 18.4. The van der Waals surface area contributed by atoms with Crippen LogP contribution in [0.5, 0.6) is 0 Å². The summed E-state index contributed by atoms with van der Waals surface area (Å²) in [6.45, 7) is 9.18. The van der Waals surface area contributed by atoms with E-state index in [9.17, 15) is 9.59 Å². The summed E-state index contributed by atoms with van der Waals surface area (Å²) >= 11 is 0. The van der Waals surface area contributed by atoms with Crippen LogP contribution >= 0.6 is 0 Å². The van der Waals surface area contributed by atoms with Gasteiger partial charge in [0.1, 0.15) is 0 Å². The van der Waals surface area contributed by atoms with Crippen LogP contribution in [0.2, 0.25) is 0 Å². The van der Waals surface area contributed by atoms with Crippen molar-refractivity contribution in [1.29, 1.82) is 0 Å². The Morgan fingerprint density at radius 2 is 1.76 bits per heavy atom. The lowest BCUT2D eigenvalue weighted by molar-refractivity contribution is -0.128. The van der Waals surface area contributed by atoms with Gasteiger partial charge in [-0.3, -0.25) is 14.5 Å². The Morgan fingerprint density at radius 1 is 1.16 bits per heavy atom. The molecule has 25 heavy (non-hydrogen) atoms. The Labute approximate surface area is 151 Å². The van der Waals surface area contributed by atoms with Gasteiger partial charge in [-0.15, -0.1) is 0 Å². The van der Waals surface area contributed by atoms with Gasteiger partial charge in [0.05, 0.1) is 25.8 Å². The molecule has 7 heteroatoms. The van der Waals surface area contributed by atoms with Gasteiger partial charge in [0.2, 0.25) is 11.8 Å². The van der Waals surface area contributed by atoms with Gasteiger partial charge in [-0.25, -0.2) is 0 Å². The van der Waals surface area contributed by atoms with E-state index in [1.54, 1.807) is 0 Å². The van der Waals surface area contributed by atoms with Crippen molar-refractivity contribution >= 4 is 11.8 Å². The van der Waals surface area contributed by atoms with Gasteiger partial charge in [0.25, 0.3) is 0 Å². The second-order valence-electron chi connectivity index (χ2n) is 7.69. The first-order valence-electron chi connectivity index (χ1n) is 9.52. The average molecular weight is 354 g/mol. The molecule has 7 nitrogen and oxygen atoms in total. The zero-order valence-corrected chi connectivity index (χ0v) is 15.8. The molecule has 2 fully saturated rings. The molecular weight excluding hydrogens is 320 g/mol. The number of hydrogen-bond acceptors (Lipinski definition) is 5. The van der Waals surface area contributed by atoms with Crippen LogP contribution in [0.15, 0.2) is 0 Å². The van der Waals surface area contributed by atoms with Crippen molar-refractivity contribution in [3.8, 4) is 0 Å². The van der Waals surface area contributed by atoms with Crippen LogP contribution in [-0.2, 0) is 14.3 Å². The highest BCUT2D eigenvalue weighted by molar-refractivity contribution is 5.87. The smallest absolute Gasteiger partial charge is 0.239 e. The molecule has 2 aliphatic rings. The van der Waals surface area contributed by atoms with Crippen molar-refractivity contribution in [1.82, 2.24) is 15.5 Å². The monoisotopic (exact) mass is 354 g/mol. The fraction of sp³-hybridized carbons (Fsp3) is 0.889. The lowest BCUT2D eigenvalue weighted by Crippen LogP contribution is -2.62. The molecule has 0 aromatic rings. The van der Waals surface area contributed by atoms with Gasteiger partial charge in [-0.05, 0) is 25.7 Å². The number of rotatable bonds is 7. The number of nitrogens with one attached hydrogen (secondary N) is 2. The number of carbonyl (C=O) groups excluding carboxylic acids is 2. The maximum Gasteiger partial charge on any atom is 0.239 e. The second-order valence-corrected chi connectivity index (χ2v) is 7.69. The Kier molecular flexibility index (Phi) is 7.22. The van der Waals surface area contributed by atoms with E-state index in [1.807, 2.05) is 13.8 Å². The van der Waals surface area contributed by atoms with Crippen LogP contribution in [0.4, 0.5) is 0 Å². The first-order valence-corrected chi connectivity index (χ1v) is 9.52. The molecule has 1 unspecified atom stereocenters. The summed E-state index contributed by atoms with van der Waals surface area (Å²) in [4.78, 5) is 26.7. The molecule has 0 aromatic carbocycles. The van der Waals surface area contributed by atoms with Crippen LogP contribution in [0.25, 0.3) is 0 Å². The minimum atomic E-state index is -0.584.